The Morgan fingerprint density at radius 1 is 1.00 bits per heavy atom. The molecule has 0 radical (unpaired) electrons. The van der Waals surface area contributed by atoms with Crippen LogP contribution in [0.25, 0.3) is 0 Å². The van der Waals surface area contributed by atoms with Crippen LogP contribution in [0.2, 0.25) is 0 Å². The lowest BCUT2D eigenvalue weighted by molar-refractivity contribution is 0.100. The van der Waals surface area contributed by atoms with E-state index in [2.05, 4.69) is 25.6 Å². The number of nitrogens with one attached hydrogen (secondary N) is 2. The highest BCUT2D eigenvalue weighted by molar-refractivity contribution is 6.04. The Labute approximate surface area is 150 Å². The first-order valence-corrected chi connectivity index (χ1v) is 8.00. The normalized spacial score (nSPS) is 10.2. The second kappa shape index (κ2) is 7.98. The number of hydrogen-bond donors (Lipinski definition) is 2. The minimum Gasteiger partial charge on any atom is -0.364 e. The molecule has 0 aliphatic heterocycles. The van der Waals surface area contributed by atoms with Crippen LogP contribution >= 0.6 is 0 Å². The highest BCUT2D eigenvalue weighted by Crippen LogP contribution is 2.13. The molecule has 130 valence electrons. The number of rotatable bonds is 6. The molecule has 0 atom stereocenters. The lowest BCUT2D eigenvalue weighted by Crippen LogP contribution is -2.15. The number of aromatic nitrogens is 3. The predicted octanol–water partition coefficient (Wildman–Crippen LogP) is 2.94. The molecule has 1 aromatic carbocycles. The van der Waals surface area contributed by atoms with E-state index in [0.29, 0.717) is 23.6 Å². The van der Waals surface area contributed by atoms with E-state index in [1.807, 2.05) is 18.2 Å². The van der Waals surface area contributed by atoms with Gasteiger partial charge in [0.15, 0.2) is 5.78 Å². The van der Waals surface area contributed by atoms with Gasteiger partial charge in [-0.1, -0.05) is 18.2 Å². The Bertz CT molecular complexity index is 928. The van der Waals surface area contributed by atoms with Gasteiger partial charge in [-0.2, -0.15) is 0 Å². The Balaban J connectivity index is 1.68. The van der Waals surface area contributed by atoms with Crippen LogP contribution in [0, 0.1) is 0 Å². The lowest BCUT2D eigenvalue weighted by Gasteiger charge is -2.08. The van der Waals surface area contributed by atoms with E-state index in [9.17, 15) is 9.59 Å². The molecule has 3 aromatic rings. The number of anilines is 2. The van der Waals surface area contributed by atoms with Crippen LogP contribution in [0.15, 0.2) is 61.1 Å². The monoisotopic (exact) mass is 347 g/mol. The molecule has 1 amide bonds. The number of ketones is 1. The van der Waals surface area contributed by atoms with E-state index in [-0.39, 0.29) is 17.4 Å². The summed E-state index contributed by atoms with van der Waals surface area (Å²) in [6, 6.07) is 14.0. The van der Waals surface area contributed by atoms with Crippen molar-refractivity contribution in [3.8, 4) is 0 Å². The molecule has 2 heterocycles. The molecule has 0 aliphatic carbocycles. The van der Waals surface area contributed by atoms with E-state index in [1.165, 1.54) is 13.3 Å². The molecule has 3 rings (SSSR count). The number of pyridine rings is 1. The van der Waals surface area contributed by atoms with Crippen molar-refractivity contribution in [2.75, 3.05) is 10.6 Å². The maximum absolute atomic E-state index is 12.4. The van der Waals surface area contributed by atoms with Crippen molar-refractivity contribution < 1.29 is 9.59 Å². The Kier molecular flexibility index (Phi) is 5.28. The molecule has 2 aromatic heterocycles. The summed E-state index contributed by atoms with van der Waals surface area (Å²) in [6.45, 7) is 1.96. The quantitative estimate of drug-likeness (QED) is 0.666. The minimum absolute atomic E-state index is 0.0656. The summed E-state index contributed by atoms with van der Waals surface area (Å²) < 4.78 is 0. The van der Waals surface area contributed by atoms with Gasteiger partial charge in [-0.3, -0.25) is 14.6 Å². The van der Waals surface area contributed by atoms with E-state index >= 15 is 0 Å². The van der Waals surface area contributed by atoms with Crippen LogP contribution in [0.3, 0.4) is 0 Å². The summed E-state index contributed by atoms with van der Waals surface area (Å²) in [4.78, 5) is 36.2. The summed E-state index contributed by atoms with van der Waals surface area (Å²) in [5.74, 6) is 0.0754. The van der Waals surface area contributed by atoms with Crippen LogP contribution in [0.4, 0.5) is 11.5 Å². The molecular formula is C19H17N5O2. The second-order valence-electron chi connectivity index (χ2n) is 5.55. The highest BCUT2D eigenvalue weighted by atomic mass is 16.2. The fourth-order valence-electron chi connectivity index (χ4n) is 2.27. The molecule has 0 bridgehead atoms. The van der Waals surface area contributed by atoms with Gasteiger partial charge in [-0.05, 0) is 31.2 Å². The average molecular weight is 347 g/mol. The third-order valence-electron chi connectivity index (χ3n) is 3.60. The molecule has 0 saturated heterocycles. The van der Waals surface area contributed by atoms with Crippen LogP contribution in [0.5, 0.6) is 0 Å². The number of carbonyl (C=O) groups excluding carboxylic acids is 2. The van der Waals surface area contributed by atoms with Gasteiger partial charge >= 0.3 is 0 Å². The van der Waals surface area contributed by atoms with E-state index in [4.69, 9.17) is 0 Å². The van der Waals surface area contributed by atoms with E-state index in [0.717, 1.165) is 5.69 Å². The first-order valence-electron chi connectivity index (χ1n) is 8.00. The van der Waals surface area contributed by atoms with E-state index in [1.54, 1.807) is 36.5 Å². The van der Waals surface area contributed by atoms with Gasteiger partial charge < -0.3 is 10.6 Å². The first-order chi connectivity index (χ1) is 12.6. The molecular weight excluding hydrogens is 330 g/mol. The SMILES string of the molecule is CC(=O)c1cccc(NC(=O)c2cc(NCc3ccccn3)ncn2)c1. The molecule has 0 saturated carbocycles. The molecule has 0 fully saturated rings. The number of Topliss-reactive ketones (excluding diaryl/α,β-unsaturated/α-hetero) is 1. The van der Waals surface area contributed by atoms with Crippen molar-refractivity contribution in [1.82, 2.24) is 15.0 Å². The predicted molar refractivity (Wildman–Crippen MR) is 98.0 cm³/mol. The maximum atomic E-state index is 12.4. The third kappa shape index (κ3) is 4.47. The zero-order valence-electron chi connectivity index (χ0n) is 14.1. The van der Waals surface area contributed by atoms with Crippen molar-refractivity contribution in [3.05, 3.63) is 78.0 Å². The standard InChI is InChI=1S/C19H17N5O2/c1-13(25)14-5-4-7-15(9-14)24-19(26)17-10-18(23-12-22-17)21-11-16-6-2-3-8-20-16/h2-10,12H,11H2,1H3,(H,24,26)(H,21,22,23). The topological polar surface area (TPSA) is 96.9 Å². The Hall–Kier alpha value is -3.61. The van der Waals surface area contributed by atoms with Crippen molar-refractivity contribution in [3.63, 3.8) is 0 Å². The van der Waals surface area contributed by atoms with Crippen LogP contribution in [-0.4, -0.2) is 26.6 Å². The molecule has 0 spiro atoms. The van der Waals surface area contributed by atoms with Gasteiger partial charge in [-0.25, -0.2) is 9.97 Å². The Morgan fingerprint density at radius 3 is 2.65 bits per heavy atom. The van der Waals surface area contributed by atoms with Gasteiger partial charge in [-0.15, -0.1) is 0 Å². The van der Waals surface area contributed by atoms with Crippen LogP contribution in [0.1, 0.15) is 33.5 Å². The van der Waals surface area contributed by atoms with E-state index < -0.39 is 0 Å². The smallest absolute Gasteiger partial charge is 0.274 e. The van der Waals surface area contributed by atoms with Crippen LogP contribution < -0.4 is 10.6 Å². The molecule has 7 heteroatoms. The second-order valence-corrected chi connectivity index (χ2v) is 5.55. The lowest BCUT2D eigenvalue weighted by atomic mass is 10.1. The zero-order valence-corrected chi connectivity index (χ0v) is 14.1. The fraction of sp³-hybridized carbons (Fsp3) is 0.105. The number of nitrogens with zero attached hydrogens (tertiary/aromatic N) is 3. The third-order valence-corrected chi connectivity index (χ3v) is 3.60. The van der Waals surface area contributed by atoms with Crippen molar-refractivity contribution in [2.24, 2.45) is 0 Å². The van der Waals surface area contributed by atoms with Gasteiger partial charge in [0.25, 0.3) is 5.91 Å². The molecule has 0 unspecified atom stereocenters. The summed E-state index contributed by atoms with van der Waals surface area (Å²) in [7, 11) is 0. The van der Waals surface area contributed by atoms with Crippen molar-refractivity contribution >= 4 is 23.2 Å². The van der Waals surface area contributed by atoms with Gasteiger partial charge in [0.2, 0.25) is 0 Å². The van der Waals surface area contributed by atoms with Crippen molar-refractivity contribution in [2.45, 2.75) is 13.5 Å². The average Bonchev–Trinajstić information content (AvgIpc) is 2.67. The molecule has 26 heavy (non-hydrogen) atoms. The first kappa shape index (κ1) is 17.2. The van der Waals surface area contributed by atoms with Gasteiger partial charge in [0, 0.05) is 23.5 Å². The van der Waals surface area contributed by atoms with Crippen LogP contribution in [-0.2, 0) is 6.54 Å². The number of carbonyl (C=O) groups is 2. The fourth-order valence-corrected chi connectivity index (χ4v) is 2.27. The summed E-state index contributed by atoms with van der Waals surface area (Å²) in [5.41, 5.74) is 2.14. The van der Waals surface area contributed by atoms with Gasteiger partial charge in [0.1, 0.15) is 17.8 Å². The van der Waals surface area contributed by atoms with Gasteiger partial charge in [0.05, 0.1) is 12.2 Å². The maximum Gasteiger partial charge on any atom is 0.274 e. The van der Waals surface area contributed by atoms with Crippen molar-refractivity contribution in [1.29, 1.82) is 0 Å². The largest absolute Gasteiger partial charge is 0.364 e. The number of benzene rings is 1. The summed E-state index contributed by atoms with van der Waals surface area (Å²) in [5, 5.41) is 5.84. The summed E-state index contributed by atoms with van der Waals surface area (Å²) >= 11 is 0. The number of hydrogen-bond acceptors (Lipinski definition) is 6. The number of amides is 1. The minimum atomic E-state index is -0.381. The molecule has 2 N–H and O–H groups in total. The summed E-state index contributed by atoms with van der Waals surface area (Å²) in [6.07, 6.45) is 3.03. The molecule has 7 nitrogen and oxygen atoms in total. The Morgan fingerprint density at radius 2 is 1.88 bits per heavy atom. The zero-order chi connectivity index (χ0) is 18.4. The molecule has 0 aliphatic rings. The highest BCUT2D eigenvalue weighted by Gasteiger charge is 2.10.